The predicted octanol–water partition coefficient (Wildman–Crippen LogP) is 2.76. The summed E-state index contributed by atoms with van der Waals surface area (Å²) < 4.78 is 0. The highest BCUT2D eigenvalue weighted by molar-refractivity contribution is 5.65. The van der Waals surface area contributed by atoms with Crippen molar-refractivity contribution in [1.29, 1.82) is 5.26 Å². The maximum atomic E-state index is 9.19. The lowest BCUT2D eigenvalue weighted by Crippen LogP contribution is -2.21. The number of nitrogens with one attached hydrogen (secondary N) is 2. The molecule has 0 aliphatic heterocycles. The van der Waals surface area contributed by atoms with Gasteiger partial charge >= 0.3 is 0 Å². The van der Waals surface area contributed by atoms with E-state index in [4.69, 9.17) is 0 Å². The van der Waals surface area contributed by atoms with Crippen LogP contribution in [0.25, 0.3) is 0 Å². The summed E-state index contributed by atoms with van der Waals surface area (Å²) in [5.41, 5.74) is 2.28. The molecule has 2 aromatic rings. The Morgan fingerprint density at radius 3 is 2.83 bits per heavy atom. The monoisotopic (exact) mass is 309 g/mol. The summed E-state index contributed by atoms with van der Waals surface area (Å²) in [4.78, 5) is 8.98. The Bertz CT molecular complexity index is 736. The molecule has 0 saturated heterocycles. The summed E-state index contributed by atoms with van der Waals surface area (Å²) in [6, 6.07) is 11.3. The second-order valence-corrected chi connectivity index (χ2v) is 5.79. The molecule has 1 fully saturated rings. The first-order valence-corrected chi connectivity index (χ1v) is 7.72. The minimum Gasteiger partial charge on any atom is -0.394 e. The standard InChI is InChI=1S/C17H19N5O/c1-11(10-23)19-17-21-15(12-6-7-12)8-16(22-17)20-14-5-3-2-4-13(14)9-18/h2-5,8,11-12,23H,6-7,10H2,1H3,(H2,19,20,21,22)/t11-/m0/s1. The maximum absolute atomic E-state index is 9.19. The van der Waals surface area contributed by atoms with Gasteiger partial charge in [-0.1, -0.05) is 12.1 Å². The van der Waals surface area contributed by atoms with Gasteiger partial charge in [-0.15, -0.1) is 0 Å². The molecule has 1 aliphatic carbocycles. The number of nitrogens with zero attached hydrogens (tertiary/aromatic N) is 3. The third-order valence-electron chi connectivity index (χ3n) is 3.70. The molecule has 3 rings (SSSR count). The molecule has 3 N–H and O–H groups in total. The van der Waals surface area contributed by atoms with E-state index in [9.17, 15) is 10.4 Å². The summed E-state index contributed by atoms with van der Waals surface area (Å²) in [5, 5.41) is 24.7. The highest BCUT2D eigenvalue weighted by Gasteiger charge is 2.26. The third kappa shape index (κ3) is 3.76. The molecule has 6 nitrogen and oxygen atoms in total. The number of aromatic nitrogens is 2. The van der Waals surface area contributed by atoms with E-state index in [2.05, 4.69) is 26.7 Å². The van der Waals surface area contributed by atoms with Crippen LogP contribution in [0.2, 0.25) is 0 Å². The fourth-order valence-corrected chi connectivity index (χ4v) is 2.28. The number of aliphatic hydroxyl groups is 1. The van der Waals surface area contributed by atoms with Crippen LogP contribution in [0.5, 0.6) is 0 Å². The molecule has 118 valence electrons. The molecule has 1 aliphatic rings. The first kappa shape index (κ1) is 15.3. The van der Waals surface area contributed by atoms with Crippen LogP contribution in [-0.2, 0) is 0 Å². The minimum absolute atomic E-state index is 0.0110. The molecule has 1 atom stereocenters. The zero-order valence-electron chi connectivity index (χ0n) is 13.0. The Labute approximate surface area is 135 Å². The van der Waals surface area contributed by atoms with Crippen molar-refractivity contribution in [2.45, 2.75) is 31.7 Å². The van der Waals surface area contributed by atoms with Gasteiger partial charge in [-0.3, -0.25) is 0 Å². The smallest absolute Gasteiger partial charge is 0.225 e. The fraction of sp³-hybridized carbons (Fsp3) is 0.353. The number of nitriles is 1. The zero-order valence-corrected chi connectivity index (χ0v) is 13.0. The number of benzene rings is 1. The van der Waals surface area contributed by atoms with Crippen LogP contribution in [0.1, 0.15) is 36.9 Å². The number of hydrogen-bond donors (Lipinski definition) is 3. The van der Waals surface area contributed by atoms with Gasteiger partial charge in [-0.2, -0.15) is 10.2 Å². The van der Waals surface area contributed by atoms with Gasteiger partial charge in [0, 0.05) is 18.0 Å². The zero-order chi connectivity index (χ0) is 16.2. The Hall–Kier alpha value is -2.65. The number of rotatable bonds is 6. The molecule has 1 heterocycles. The van der Waals surface area contributed by atoms with Gasteiger partial charge in [0.2, 0.25) is 5.95 Å². The van der Waals surface area contributed by atoms with Crippen LogP contribution >= 0.6 is 0 Å². The van der Waals surface area contributed by atoms with Crippen LogP contribution in [0.4, 0.5) is 17.5 Å². The van der Waals surface area contributed by atoms with Crippen molar-refractivity contribution in [1.82, 2.24) is 9.97 Å². The number of anilines is 3. The molecule has 1 saturated carbocycles. The van der Waals surface area contributed by atoms with E-state index >= 15 is 0 Å². The second kappa shape index (κ2) is 6.63. The summed E-state index contributed by atoms with van der Waals surface area (Å²) in [6.45, 7) is 1.88. The number of aliphatic hydroxyl groups excluding tert-OH is 1. The largest absolute Gasteiger partial charge is 0.394 e. The summed E-state index contributed by atoms with van der Waals surface area (Å²) in [5.74, 6) is 1.62. The van der Waals surface area contributed by atoms with Gasteiger partial charge in [0.25, 0.3) is 0 Å². The molecular weight excluding hydrogens is 290 g/mol. The Morgan fingerprint density at radius 2 is 2.13 bits per heavy atom. The van der Waals surface area contributed by atoms with Crippen molar-refractivity contribution < 1.29 is 5.11 Å². The minimum atomic E-state index is -0.122. The van der Waals surface area contributed by atoms with E-state index in [0.717, 1.165) is 24.2 Å². The topological polar surface area (TPSA) is 93.9 Å². The lowest BCUT2D eigenvalue weighted by molar-refractivity contribution is 0.281. The van der Waals surface area contributed by atoms with Gasteiger partial charge in [0.05, 0.1) is 23.6 Å². The molecule has 0 spiro atoms. The van der Waals surface area contributed by atoms with Crippen molar-refractivity contribution in [3.05, 3.63) is 41.6 Å². The third-order valence-corrected chi connectivity index (χ3v) is 3.70. The quantitative estimate of drug-likeness (QED) is 0.759. The second-order valence-electron chi connectivity index (χ2n) is 5.79. The van der Waals surface area contributed by atoms with Gasteiger partial charge in [-0.25, -0.2) is 4.98 Å². The van der Waals surface area contributed by atoms with E-state index < -0.39 is 0 Å². The average Bonchev–Trinajstić information content (AvgIpc) is 3.40. The lowest BCUT2D eigenvalue weighted by Gasteiger charge is -2.14. The van der Waals surface area contributed by atoms with Gasteiger partial charge < -0.3 is 15.7 Å². The first-order valence-electron chi connectivity index (χ1n) is 7.72. The summed E-state index contributed by atoms with van der Waals surface area (Å²) in [6.07, 6.45) is 2.28. The van der Waals surface area contributed by atoms with E-state index in [1.54, 1.807) is 6.07 Å². The molecule has 23 heavy (non-hydrogen) atoms. The van der Waals surface area contributed by atoms with E-state index in [1.807, 2.05) is 31.2 Å². The molecule has 6 heteroatoms. The van der Waals surface area contributed by atoms with Crippen LogP contribution in [0, 0.1) is 11.3 Å². The molecular formula is C17H19N5O. The SMILES string of the molecule is C[C@@H](CO)Nc1nc(Nc2ccccc2C#N)cc(C2CC2)n1. The molecule has 0 bridgehead atoms. The van der Waals surface area contributed by atoms with Gasteiger partial charge in [0.15, 0.2) is 0 Å². The fourth-order valence-electron chi connectivity index (χ4n) is 2.28. The molecule has 0 radical (unpaired) electrons. The van der Waals surface area contributed by atoms with Crippen molar-refractivity contribution in [2.24, 2.45) is 0 Å². The van der Waals surface area contributed by atoms with Crippen LogP contribution in [0.15, 0.2) is 30.3 Å². The number of para-hydroxylation sites is 1. The molecule has 1 aromatic heterocycles. The molecule has 0 unspecified atom stereocenters. The first-order chi connectivity index (χ1) is 11.2. The van der Waals surface area contributed by atoms with Crippen LogP contribution in [-0.4, -0.2) is 27.7 Å². The summed E-state index contributed by atoms with van der Waals surface area (Å²) in [7, 11) is 0. The normalized spacial score (nSPS) is 14.8. The Kier molecular flexibility index (Phi) is 4.40. The maximum Gasteiger partial charge on any atom is 0.225 e. The van der Waals surface area contributed by atoms with Gasteiger partial charge in [0.1, 0.15) is 11.9 Å². The van der Waals surface area contributed by atoms with E-state index in [-0.39, 0.29) is 12.6 Å². The Morgan fingerprint density at radius 1 is 1.35 bits per heavy atom. The number of hydrogen-bond acceptors (Lipinski definition) is 6. The van der Waals surface area contributed by atoms with E-state index in [1.165, 1.54) is 0 Å². The van der Waals surface area contributed by atoms with Crippen LogP contribution in [0.3, 0.4) is 0 Å². The Balaban J connectivity index is 1.90. The van der Waals surface area contributed by atoms with Crippen molar-refractivity contribution in [2.75, 3.05) is 17.2 Å². The van der Waals surface area contributed by atoms with Crippen molar-refractivity contribution >= 4 is 17.5 Å². The highest BCUT2D eigenvalue weighted by atomic mass is 16.3. The molecule has 0 amide bonds. The van der Waals surface area contributed by atoms with Crippen LogP contribution < -0.4 is 10.6 Å². The lowest BCUT2D eigenvalue weighted by atomic mass is 10.2. The van der Waals surface area contributed by atoms with Crippen molar-refractivity contribution in [3.8, 4) is 6.07 Å². The molecule has 1 aromatic carbocycles. The average molecular weight is 309 g/mol. The highest BCUT2D eigenvalue weighted by Crippen LogP contribution is 2.40. The van der Waals surface area contributed by atoms with Gasteiger partial charge in [-0.05, 0) is 31.9 Å². The van der Waals surface area contributed by atoms with E-state index in [0.29, 0.717) is 23.2 Å². The summed E-state index contributed by atoms with van der Waals surface area (Å²) >= 11 is 0. The predicted molar refractivity (Wildman–Crippen MR) is 88.6 cm³/mol. The van der Waals surface area contributed by atoms with Crippen molar-refractivity contribution in [3.63, 3.8) is 0 Å².